The molecule has 0 atom stereocenters. The van der Waals surface area contributed by atoms with Crippen LogP contribution in [0.5, 0.6) is 0 Å². The van der Waals surface area contributed by atoms with Crippen LogP contribution in [0.15, 0.2) is 63.3 Å². The predicted octanol–water partition coefficient (Wildman–Crippen LogP) is -0.0146. The van der Waals surface area contributed by atoms with Crippen molar-refractivity contribution in [1.82, 2.24) is 13.7 Å². The molecule has 0 amide bonds. The van der Waals surface area contributed by atoms with Gasteiger partial charge >= 0.3 is 35.2 Å². The number of thioether (sulfide) groups is 1. The largest absolute Gasteiger partial charge is 1.00 e. The molecule has 0 spiro atoms. The van der Waals surface area contributed by atoms with E-state index < -0.39 is 5.97 Å². The zero-order chi connectivity index (χ0) is 24.4. The van der Waals surface area contributed by atoms with Crippen molar-refractivity contribution in [1.29, 1.82) is 0 Å². The van der Waals surface area contributed by atoms with Crippen LogP contribution in [0.25, 0.3) is 21.7 Å². The molecule has 2 heterocycles. The van der Waals surface area contributed by atoms with Crippen LogP contribution in [0.1, 0.15) is 32.3 Å². The second-order valence-electron chi connectivity index (χ2n) is 8.94. The minimum Gasteiger partial charge on any atom is -0.550 e. The number of nitrogens with zero attached hydrogens (tertiary/aromatic N) is 3. The average molecular weight is 502 g/mol. The number of aromatic nitrogens is 3. The Kier molecular flexibility index (Phi) is 9.10. The Morgan fingerprint density at radius 2 is 1.80 bits per heavy atom. The fraction of sp³-hybridized carbons (Fsp3) is 0.346. The Balaban J connectivity index is 0.00000342. The van der Waals surface area contributed by atoms with E-state index in [9.17, 15) is 19.5 Å². The summed E-state index contributed by atoms with van der Waals surface area (Å²) in [6, 6.07) is 14.3. The van der Waals surface area contributed by atoms with Gasteiger partial charge in [-0.25, -0.2) is 4.79 Å². The zero-order valence-corrected chi connectivity index (χ0v) is 23.4. The molecule has 0 saturated carbocycles. The van der Waals surface area contributed by atoms with Gasteiger partial charge in [-0.3, -0.25) is 13.9 Å². The van der Waals surface area contributed by atoms with Gasteiger partial charge in [0.1, 0.15) is 0 Å². The molecule has 0 saturated heterocycles. The van der Waals surface area contributed by atoms with Crippen LogP contribution in [-0.4, -0.2) is 25.4 Å². The van der Waals surface area contributed by atoms with Gasteiger partial charge in [0.2, 0.25) is 0 Å². The maximum absolute atomic E-state index is 13.2. The molecule has 4 aromatic rings. The van der Waals surface area contributed by atoms with Crippen molar-refractivity contribution in [2.75, 3.05) is 5.75 Å². The van der Waals surface area contributed by atoms with Gasteiger partial charge in [-0.15, -0.1) is 11.8 Å². The number of carbonyl (C=O) groups excluding carboxylic acids is 1. The Morgan fingerprint density at radius 1 is 1.09 bits per heavy atom. The first-order valence-electron chi connectivity index (χ1n) is 11.4. The van der Waals surface area contributed by atoms with Crippen molar-refractivity contribution in [3.05, 3.63) is 75.1 Å². The van der Waals surface area contributed by atoms with Crippen LogP contribution in [0.3, 0.4) is 0 Å². The van der Waals surface area contributed by atoms with E-state index in [1.807, 2.05) is 42.8 Å². The quantitative estimate of drug-likeness (QED) is 0.183. The topological polar surface area (TPSA) is 89.1 Å². The number of carboxylic acids is 1. The minimum atomic E-state index is -1.08. The van der Waals surface area contributed by atoms with Crippen LogP contribution < -0.4 is 45.9 Å². The summed E-state index contributed by atoms with van der Waals surface area (Å²) in [6.45, 7) is 5.09. The maximum atomic E-state index is 13.2. The molecule has 0 bridgehead atoms. The van der Waals surface area contributed by atoms with E-state index in [2.05, 4.69) is 24.3 Å². The summed E-state index contributed by atoms with van der Waals surface area (Å²) in [6.07, 6.45) is 2.29. The predicted molar refractivity (Wildman–Crippen MR) is 134 cm³/mol. The van der Waals surface area contributed by atoms with Crippen LogP contribution in [0, 0.1) is 5.92 Å². The number of carbonyl (C=O) groups is 1. The molecule has 9 heteroatoms. The first-order valence-corrected chi connectivity index (χ1v) is 12.4. The van der Waals surface area contributed by atoms with Crippen molar-refractivity contribution in [3.8, 4) is 0 Å². The van der Waals surface area contributed by atoms with E-state index in [-0.39, 0.29) is 53.1 Å². The number of aliphatic carboxylic acids is 1. The van der Waals surface area contributed by atoms with Gasteiger partial charge in [-0.05, 0) is 40.8 Å². The van der Waals surface area contributed by atoms with Crippen LogP contribution in [0.2, 0.25) is 0 Å². The zero-order valence-electron chi connectivity index (χ0n) is 20.6. The Hall–Kier alpha value is -2.26. The van der Waals surface area contributed by atoms with Crippen molar-refractivity contribution in [2.45, 2.75) is 44.8 Å². The first-order chi connectivity index (χ1) is 16.3. The van der Waals surface area contributed by atoms with E-state index in [0.717, 1.165) is 25.9 Å². The van der Waals surface area contributed by atoms with Crippen molar-refractivity contribution < 1.29 is 39.5 Å². The maximum Gasteiger partial charge on any atom is 1.00 e. The van der Waals surface area contributed by atoms with E-state index in [0.29, 0.717) is 36.2 Å². The van der Waals surface area contributed by atoms with Gasteiger partial charge in [0.05, 0.1) is 15.9 Å². The number of hydrogen-bond acceptors (Lipinski definition) is 5. The van der Waals surface area contributed by atoms with Gasteiger partial charge in [0, 0.05) is 32.3 Å². The third kappa shape index (κ3) is 5.77. The summed E-state index contributed by atoms with van der Waals surface area (Å²) >= 11 is 1.45. The standard InChI is InChI=1S/C26H29N3O4S.Na/c1-17(2)14-29-21-16-28(15-19-10-6-9-18-8-4-5-11-20(18)19)25(34-13-7-12-22(30)31)23(21)24(32)27(3)26(29)33;/h4-6,8-11,16-17H,7,12-15H2,1-3H3,(H,30,31);/q;+1/p-1. The third-order valence-electron chi connectivity index (χ3n) is 5.87. The minimum absolute atomic E-state index is 0. The summed E-state index contributed by atoms with van der Waals surface area (Å²) in [5, 5.41) is 14.4. The molecule has 0 aliphatic carbocycles. The monoisotopic (exact) mass is 501 g/mol. The first kappa shape index (κ1) is 27.3. The molecule has 178 valence electrons. The summed E-state index contributed by atoms with van der Waals surface area (Å²) in [5.41, 5.74) is 1.05. The Bertz CT molecular complexity index is 1480. The van der Waals surface area contributed by atoms with E-state index in [1.54, 1.807) is 4.57 Å². The average Bonchev–Trinajstić information content (AvgIpc) is 3.16. The molecule has 0 aliphatic rings. The smallest absolute Gasteiger partial charge is 0.550 e. The molecule has 7 nitrogen and oxygen atoms in total. The fourth-order valence-electron chi connectivity index (χ4n) is 4.28. The van der Waals surface area contributed by atoms with Gasteiger partial charge in [-0.1, -0.05) is 56.3 Å². The number of benzene rings is 2. The van der Waals surface area contributed by atoms with E-state index >= 15 is 0 Å². The van der Waals surface area contributed by atoms with Crippen molar-refractivity contribution in [2.24, 2.45) is 13.0 Å². The number of rotatable bonds is 9. The van der Waals surface area contributed by atoms with E-state index in [4.69, 9.17) is 0 Å². The molecule has 2 aromatic heterocycles. The van der Waals surface area contributed by atoms with Crippen molar-refractivity contribution >= 4 is 39.4 Å². The van der Waals surface area contributed by atoms with Gasteiger partial charge in [0.15, 0.2) is 0 Å². The van der Waals surface area contributed by atoms with E-state index in [1.165, 1.54) is 18.8 Å². The van der Waals surface area contributed by atoms with Crippen LogP contribution in [-0.2, 0) is 24.9 Å². The number of carboxylic acid groups (broad SMARTS) is 1. The molecule has 0 unspecified atom stereocenters. The molecule has 0 aliphatic heterocycles. The van der Waals surface area contributed by atoms with Gasteiger partial charge in [0.25, 0.3) is 5.56 Å². The number of hydrogen-bond donors (Lipinski definition) is 0. The fourth-order valence-corrected chi connectivity index (χ4v) is 5.38. The SMILES string of the molecule is CC(C)Cn1c(=O)n(C)c(=O)c2c(SCCCC(=O)[O-])n(Cc3cccc4ccccc34)cc21.[Na+]. The van der Waals surface area contributed by atoms with Crippen molar-refractivity contribution in [3.63, 3.8) is 0 Å². The normalized spacial score (nSPS) is 11.3. The molecule has 0 fully saturated rings. The summed E-state index contributed by atoms with van der Waals surface area (Å²) in [5.74, 6) is -0.341. The molecule has 2 aromatic carbocycles. The Morgan fingerprint density at radius 3 is 2.51 bits per heavy atom. The molecule has 0 N–H and O–H groups in total. The molecule has 35 heavy (non-hydrogen) atoms. The van der Waals surface area contributed by atoms with Crippen LogP contribution >= 0.6 is 11.8 Å². The molecule has 0 radical (unpaired) electrons. The summed E-state index contributed by atoms with van der Waals surface area (Å²) in [4.78, 5) is 37.1. The molecule has 4 rings (SSSR count). The number of fused-ring (bicyclic) bond motifs is 2. The van der Waals surface area contributed by atoms with Crippen LogP contribution in [0.4, 0.5) is 0 Å². The summed E-state index contributed by atoms with van der Waals surface area (Å²) < 4.78 is 4.86. The Labute approximate surface area is 230 Å². The molecular formula is C26H28N3NaO4S. The molecular weight excluding hydrogens is 473 g/mol. The van der Waals surface area contributed by atoms with Gasteiger partial charge in [-0.2, -0.15) is 0 Å². The van der Waals surface area contributed by atoms with Gasteiger partial charge < -0.3 is 14.5 Å². The third-order valence-corrected chi connectivity index (χ3v) is 7.07. The second kappa shape index (κ2) is 11.6. The second-order valence-corrected chi connectivity index (χ2v) is 10.0. The summed E-state index contributed by atoms with van der Waals surface area (Å²) in [7, 11) is 1.51.